The molecule has 0 fully saturated rings. The van der Waals surface area contributed by atoms with Gasteiger partial charge in [0, 0.05) is 10.7 Å². The lowest BCUT2D eigenvalue weighted by Crippen LogP contribution is -2.38. The number of carbonyl (C=O) groups excluding carboxylic acids is 1. The van der Waals surface area contributed by atoms with E-state index in [1.165, 1.54) is 24.3 Å². The van der Waals surface area contributed by atoms with Crippen molar-refractivity contribution in [3.05, 3.63) is 77.8 Å². The Morgan fingerprint density at radius 3 is 1.88 bits per heavy atom. The third kappa shape index (κ3) is 6.40. The van der Waals surface area contributed by atoms with E-state index in [0.29, 0.717) is 41.1 Å². The molecule has 0 saturated carbocycles. The van der Waals surface area contributed by atoms with E-state index < -0.39 is 22.5 Å². The number of hydrogen-bond donors (Lipinski definition) is 1. The Bertz CT molecular complexity index is 1160. The quantitative estimate of drug-likeness (QED) is 0.435. The molecule has 0 aliphatic carbocycles. The molecule has 0 unspecified atom stereocenters. The Kier molecular flexibility index (Phi) is 8.19. The van der Waals surface area contributed by atoms with E-state index in [1.54, 1.807) is 48.5 Å². The van der Waals surface area contributed by atoms with E-state index in [4.69, 9.17) is 21.1 Å². The van der Waals surface area contributed by atoms with Gasteiger partial charge in [0.05, 0.1) is 23.8 Å². The number of hydrogen-bond acceptors (Lipinski definition) is 5. The van der Waals surface area contributed by atoms with Gasteiger partial charge in [0.1, 0.15) is 18.0 Å². The fourth-order valence-electron chi connectivity index (χ4n) is 3.06. The van der Waals surface area contributed by atoms with Crippen LogP contribution in [0, 0.1) is 0 Å². The van der Waals surface area contributed by atoms with Gasteiger partial charge in [-0.2, -0.15) is 0 Å². The second-order valence-electron chi connectivity index (χ2n) is 6.90. The van der Waals surface area contributed by atoms with Crippen LogP contribution in [0.5, 0.6) is 11.5 Å². The standard InChI is InChI=1S/C24H25ClN2O5S/c1-3-31-21-11-7-19(8-12-21)26-24(28)17-27(20-9-13-22(14-10-20)32-4-2)33(29,30)23-15-5-18(25)6-16-23/h5-16H,3-4,17H2,1-2H3,(H,26,28). The summed E-state index contributed by atoms with van der Waals surface area (Å²) in [6.45, 7) is 4.33. The van der Waals surface area contributed by atoms with Gasteiger partial charge in [-0.05, 0) is 86.6 Å². The number of anilines is 2. The third-order valence-corrected chi connectivity index (χ3v) is 6.61. The molecular formula is C24H25ClN2O5S. The van der Waals surface area contributed by atoms with Gasteiger partial charge in [-0.25, -0.2) is 8.42 Å². The van der Waals surface area contributed by atoms with E-state index >= 15 is 0 Å². The molecule has 0 atom stereocenters. The smallest absolute Gasteiger partial charge is 0.264 e. The molecule has 0 heterocycles. The first kappa shape index (κ1) is 24.4. The van der Waals surface area contributed by atoms with Crippen molar-refractivity contribution in [2.75, 3.05) is 29.4 Å². The first-order valence-electron chi connectivity index (χ1n) is 10.4. The summed E-state index contributed by atoms with van der Waals surface area (Å²) in [6, 6.07) is 19.2. The zero-order valence-corrected chi connectivity index (χ0v) is 19.9. The van der Waals surface area contributed by atoms with Gasteiger partial charge >= 0.3 is 0 Å². The van der Waals surface area contributed by atoms with Crippen molar-refractivity contribution in [3.8, 4) is 11.5 Å². The summed E-state index contributed by atoms with van der Waals surface area (Å²) in [5.74, 6) is 0.784. The van der Waals surface area contributed by atoms with Gasteiger partial charge in [0.25, 0.3) is 10.0 Å². The van der Waals surface area contributed by atoms with Gasteiger partial charge < -0.3 is 14.8 Å². The molecule has 0 aliphatic heterocycles. The summed E-state index contributed by atoms with van der Waals surface area (Å²) in [7, 11) is -4.04. The predicted molar refractivity (Wildman–Crippen MR) is 130 cm³/mol. The van der Waals surface area contributed by atoms with Crippen LogP contribution in [0.25, 0.3) is 0 Å². The minimum absolute atomic E-state index is 0.0228. The topological polar surface area (TPSA) is 84.9 Å². The highest BCUT2D eigenvalue weighted by molar-refractivity contribution is 7.92. The lowest BCUT2D eigenvalue weighted by Gasteiger charge is -2.24. The average molecular weight is 489 g/mol. The Balaban J connectivity index is 1.87. The molecule has 3 rings (SSSR count). The van der Waals surface area contributed by atoms with Crippen LogP contribution >= 0.6 is 11.6 Å². The van der Waals surface area contributed by atoms with Crippen LogP contribution < -0.4 is 19.1 Å². The third-order valence-electron chi connectivity index (χ3n) is 4.57. The Morgan fingerprint density at radius 2 is 1.36 bits per heavy atom. The lowest BCUT2D eigenvalue weighted by molar-refractivity contribution is -0.114. The molecule has 0 spiro atoms. The molecular weight excluding hydrogens is 464 g/mol. The van der Waals surface area contributed by atoms with Crippen molar-refractivity contribution in [2.24, 2.45) is 0 Å². The maximum Gasteiger partial charge on any atom is 0.264 e. The van der Waals surface area contributed by atoms with Gasteiger partial charge in [-0.3, -0.25) is 9.10 Å². The minimum atomic E-state index is -4.04. The molecule has 9 heteroatoms. The van der Waals surface area contributed by atoms with E-state index in [2.05, 4.69) is 5.32 Å². The number of ether oxygens (including phenoxy) is 2. The molecule has 3 aromatic rings. The summed E-state index contributed by atoms with van der Waals surface area (Å²) >= 11 is 5.92. The molecule has 0 bridgehead atoms. The van der Waals surface area contributed by atoms with Crippen molar-refractivity contribution in [1.82, 2.24) is 0 Å². The van der Waals surface area contributed by atoms with E-state index in [1.807, 2.05) is 13.8 Å². The number of carbonyl (C=O) groups is 1. The molecule has 174 valence electrons. The molecule has 7 nitrogen and oxygen atoms in total. The Labute approximate surface area is 198 Å². The number of benzene rings is 3. The maximum atomic E-state index is 13.4. The van der Waals surface area contributed by atoms with Crippen LogP contribution in [0.15, 0.2) is 77.7 Å². The first-order chi connectivity index (χ1) is 15.8. The molecule has 3 aromatic carbocycles. The van der Waals surface area contributed by atoms with Crippen molar-refractivity contribution >= 4 is 38.9 Å². The van der Waals surface area contributed by atoms with E-state index in [0.717, 1.165) is 4.31 Å². The zero-order chi connectivity index (χ0) is 23.8. The van der Waals surface area contributed by atoms with Crippen LogP contribution in [-0.4, -0.2) is 34.1 Å². The van der Waals surface area contributed by atoms with Gasteiger partial charge in [0.2, 0.25) is 5.91 Å². The van der Waals surface area contributed by atoms with Crippen LogP contribution in [0.4, 0.5) is 11.4 Å². The fourth-order valence-corrected chi connectivity index (χ4v) is 4.60. The summed E-state index contributed by atoms with van der Waals surface area (Å²) in [5, 5.41) is 3.14. The molecule has 1 N–H and O–H groups in total. The number of nitrogens with one attached hydrogen (secondary N) is 1. The molecule has 0 radical (unpaired) electrons. The predicted octanol–water partition coefficient (Wildman–Crippen LogP) is 4.97. The maximum absolute atomic E-state index is 13.4. The fraction of sp³-hybridized carbons (Fsp3) is 0.208. The van der Waals surface area contributed by atoms with Gasteiger partial charge in [-0.15, -0.1) is 0 Å². The van der Waals surface area contributed by atoms with Gasteiger partial charge in [0.15, 0.2) is 0 Å². The molecule has 1 amide bonds. The molecule has 33 heavy (non-hydrogen) atoms. The summed E-state index contributed by atoms with van der Waals surface area (Å²) < 4.78 is 38.7. The molecule has 0 saturated heterocycles. The van der Waals surface area contributed by atoms with Crippen LogP contribution in [0.3, 0.4) is 0 Å². The van der Waals surface area contributed by atoms with E-state index in [9.17, 15) is 13.2 Å². The number of sulfonamides is 1. The Hall–Kier alpha value is -3.23. The Morgan fingerprint density at radius 1 is 0.848 bits per heavy atom. The zero-order valence-electron chi connectivity index (χ0n) is 18.3. The van der Waals surface area contributed by atoms with Crippen molar-refractivity contribution in [3.63, 3.8) is 0 Å². The van der Waals surface area contributed by atoms with Crippen LogP contribution in [-0.2, 0) is 14.8 Å². The number of rotatable bonds is 10. The van der Waals surface area contributed by atoms with E-state index in [-0.39, 0.29) is 4.90 Å². The van der Waals surface area contributed by atoms with Crippen molar-refractivity contribution < 1.29 is 22.7 Å². The largest absolute Gasteiger partial charge is 0.494 e. The summed E-state index contributed by atoms with van der Waals surface area (Å²) in [4.78, 5) is 12.8. The average Bonchev–Trinajstić information content (AvgIpc) is 2.80. The van der Waals surface area contributed by atoms with Crippen molar-refractivity contribution in [2.45, 2.75) is 18.7 Å². The summed E-state index contributed by atoms with van der Waals surface area (Å²) in [5.41, 5.74) is 0.856. The summed E-state index contributed by atoms with van der Waals surface area (Å²) in [6.07, 6.45) is 0. The SMILES string of the molecule is CCOc1ccc(NC(=O)CN(c2ccc(OCC)cc2)S(=O)(=O)c2ccc(Cl)cc2)cc1. The normalized spacial score (nSPS) is 11.0. The highest BCUT2D eigenvalue weighted by Crippen LogP contribution is 2.27. The second-order valence-corrected chi connectivity index (χ2v) is 9.20. The van der Waals surface area contributed by atoms with Crippen LogP contribution in [0.2, 0.25) is 5.02 Å². The lowest BCUT2D eigenvalue weighted by atomic mass is 10.3. The number of nitrogens with zero attached hydrogens (tertiary/aromatic N) is 1. The monoisotopic (exact) mass is 488 g/mol. The first-order valence-corrected chi connectivity index (χ1v) is 12.2. The van der Waals surface area contributed by atoms with Gasteiger partial charge in [-0.1, -0.05) is 11.6 Å². The number of amides is 1. The second kappa shape index (κ2) is 11.1. The molecule has 0 aliphatic rings. The molecule has 0 aromatic heterocycles. The minimum Gasteiger partial charge on any atom is -0.494 e. The highest BCUT2D eigenvalue weighted by Gasteiger charge is 2.27. The highest BCUT2D eigenvalue weighted by atomic mass is 35.5. The van der Waals surface area contributed by atoms with Crippen LogP contribution in [0.1, 0.15) is 13.8 Å². The van der Waals surface area contributed by atoms with Crippen molar-refractivity contribution in [1.29, 1.82) is 0 Å². The number of halogens is 1.